The number of carbonyl (C=O) groups excluding carboxylic acids is 2. The van der Waals surface area contributed by atoms with Gasteiger partial charge in [0, 0.05) is 25.6 Å². The third kappa shape index (κ3) is 6.24. The van der Waals surface area contributed by atoms with E-state index in [1.165, 1.54) is 5.56 Å². The molecule has 0 aliphatic heterocycles. The molecular weight excluding hydrogens is 368 g/mol. The predicted octanol–water partition coefficient (Wildman–Crippen LogP) is 3.08. The lowest BCUT2D eigenvalue weighted by Gasteiger charge is -2.22. The Bertz CT molecular complexity index is 831. The molecule has 6 heteroatoms. The van der Waals surface area contributed by atoms with Gasteiger partial charge in [0.2, 0.25) is 5.91 Å². The van der Waals surface area contributed by atoms with Crippen molar-refractivity contribution in [2.24, 2.45) is 0 Å². The monoisotopic (exact) mass is 396 g/mol. The lowest BCUT2D eigenvalue weighted by molar-refractivity contribution is -0.134. The molecule has 0 unspecified atom stereocenters. The average molecular weight is 396 g/mol. The number of para-hydroxylation sites is 2. The van der Waals surface area contributed by atoms with E-state index in [9.17, 15) is 9.59 Å². The number of ether oxygens (including phenoxy) is 2. The van der Waals surface area contributed by atoms with Gasteiger partial charge in [-0.1, -0.05) is 42.0 Å². The number of benzene rings is 2. The van der Waals surface area contributed by atoms with Gasteiger partial charge in [-0.3, -0.25) is 9.59 Å². The summed E-state index contributed by atoms with van der Waals surface area (Å²) in [5, 5.41) is 2.92. The summed E-state index contributed by atoms with van der Waals surface area (Å²) in [4.78, 5) is 26.6. The molecule has 154 valence electrons. The highest BCUT2D eigenvalue weighted by molar-refractivity contribution is 5.80. The first-order valence-corrected chi connectivity index (χ1v) is 9.94. The van der Waals surface area contributed by atoms with Crippen molar-refractivity contribution in [2.75, 3.05) is 20.3 Å². The average Bonchev–Trinajstić information content (AvgIpc) is 3.57. The maximum absolute atomic E-state index is 12.6. The first-order valence-electron chi connectivity index (χ1n) is 9.94. The van der Waals surface area contributed by atoms with E-state index in [0.29, 0.717) is 24.6 Å². The number of carbonyl (C=O) groups is 2. The predicted molar refractivity (Wildman–Crippen MR) is 111 cm³/mol. The van der Waals surface area contributed by atoms with Crippen molar-refractivity contribution in [1.29, 1.82) is 0 Å². The maximum Gasteiger partial charge on any atom is 0.260 e. The van der Waals surface area contributed by atoms with Gasteiger partial charge in [0.25, 0.3) is 5.91 Å². The molecule has 0 spiro atoms. The Morgan fingerprint density at radius 2 is 1.76 bits per heavy atom. The van der Waals surface area contributed by atoms with Crippen molar-refractivity contribution in [2.45, 2.75) is 38.8 Å². The van der Waals surface area contributed by atoms with Crippen LogP contribution in [0.2, 0.25) is 0 Å². The molecule has 1 aliphatic carbocycles. The summed E-state index contributed by atoms with van der Waals surface area (Å²) in [5.74, 6) is 0.961. The number of amides is 2. The van der Waals surface area contributed by atoms with Gasteiger partial charge in [-0.15, -0.1) is 0 Å². The van der Waals surface area contributed by atoms with Crippen LogP contribution in [-0.4, -0.2) is 43.0 Å². The molecule has 1 aliphatic rings. The molecule has 0 aromatic heterocycles. The van der Waals surface area contributed by atoms with Gasteiger partial charge in [0.05, 0.1) is 7.11 Å². The molecule has 0 radical (unpaired) electrons. The van der Waals surface area contributed by atoms with Gasteiger partial charge in [-0.25, -0.2) is 0 Å². The maximum atomic E-state index is 12.6. The quantitative estimate of drug-likeness (QED) is 0.670. The Labute approximate surface area is 171 Å². The van der Waals surface area contributed by atoms with E-state index < -0.39 is 0 Å². The van der Waals surface area contributed by atoms with Gasteiger partial charge in [-0.2, -0.15) is 0 Å². The van der Waals surface area contributed by atoms with Gasteiger partial charge in [0.15, 0.2) is 18.1 Å². The van der Waals surface area contributed by atoms with Crippen molar-refractivity contribution < 1.29 is 19.1 Å². The molecule has 0 saturated heterocycles. The number of nitrogens with zero attached hydrogens (tertiary/aromatic N) is 1. The van der Waals surface area contributed by atoms with Gasteiger partial charge in [0.1, 0.15) is 0 Å². The number of rotatable bonds is 10. The van der Waals surface area contributed by atoms with Crippen LogP contribution in [0.3, 0.4) is 0 Å². The summed E-state index contributed by atoms with van der Waals surface area (Å²) >= 11 is 0. The van der Waals surface area contributed by atoms with Gasteiger partial charge in [-0.05, 0) is 37.5 Å². The topological polar surface area (TPSA) is 67.9 Å². The normalized spacial score (nSPS) is 12.9. The lowest BCUT2D eigenvalue weighted by atomic mass is 10.1. The number of methoxy groups -OCH3 is 1. The molecule has 0 heterocycles. The highest BCUT2D eigenvalue weighted by atomic mass is 16.5. The summed E-state index contributed by atoms with van der Waals surface area (Å²) < 4.78 is 10.9. The van der Waals surface area contributed by atoms with E-state index in [4.69, 9.17) is 9.47 Å². The van der Waals surface area contributed by atoms with Crippen molar-refractivity contribution in [1.82, 2.24) is 10.2 Å². The van der Waals surface area contributed by atoms with Crippen molar-refractivity contribution in [3.63, 3.8) is 0 Å². The van der Waals surface area contributed by atoms with E-state index in [2.05, 4.69) is 5.32 Å². The van der Waals surface area contributed by atoms with Crippen molar-refractivity contribution >= 4 is 11.8 Å². The highest BCUT2D eigenvalue weighted by Crippen LogP contribution is 2.28. The molecule has 29 heavy (non-hydrogen) atoms. The molecule has 1 N–H and O–H groups in total. The number of hydrogen-bond donors (Lipinski definition) is 1. The van der Waals surface area contributed by atoms with E-state index >= 15 is 0 Å². The van der Waals surface area contributed by atoms with E-state index in [-0.39, 0.29) is 30.9 Å². The fourth-order valence-corrected chi connectivity index (χ4v) is 3.07. The second-order valence-electron chi connectivity index (χ2n) is 7.27. The standard InChI is InChI=1S/C23H28N2O4/c1-17-7-9-18(10-8-17)15-24-22(26)13-14-25(19-11-12-19)23(27)16-29-21-6-4-3-5-20(21)28-2/h3-10,19H,11-16H2,1-2H3,(H,24,26). The second kappa shape index (κ2) is 9.96. The molecule has 0 bridgehead atoms. The summed E-state index contributed by atoms with van der Waals surface area (Å²) in [5.41, 5.74) is 2.25. The van der Waals surface area contributed by atoms with Crippen LogP contribution < -0.4 is 14.8 Å². The van der Waals surface area contributed by atoms with E-state index in [1.807, 2.05) is 43.3 Å². The molecule has 2 amide bonds. The minimum atomic E-state index is -0.107. The molecule has 2 aromatic carbocycles. The highest BCUT2D eigenvalue weighted by Gasteiger charge is 2.32. The zero-order valence-corrected chi connectivity index (χ0v) is 17.0. The van der Waals surface area contributed by atoms with Crippen LogP contribution in [-0.2, 0) is 16.1 Å². The van der Waals surface area contributed by atoms with Crippen LogP contribution in [0, 0.1) is 6.92 Å². The van der Waals surface area contributed by atoms with Crippen LogP contribution in [0.1, 0.15) is 30.4 Å². The minimum Gasteiger partial charge on any atom is -0.493 e. The SMILES string of the molecule is COc1ccccc1OCC(=O)N(CCC(=O)NCc1ccc(C)cc1)C1CC1. The third-order valence-corrected chi connectivity index (χ3v) is 4.92. The molecule has 1 saturated carbocycles. The van der Waals surface area contributed by atoms with Crippen LogP contribution in [0.25, 0.3) is 0 Å². The van der Waals surface area contributed by atoms with Crippen LogP contribution in [0.4, 0.5) is 0 Å². The van der Waals surface area contributed by atoms with Crippen molar-refractivity contribution in [3.05, 3.63) is 59.7 Å². The summed E-state index contributed by atoms with van der Waals surface area (Å²) in [7, 11) is 1.57. The Morgan fingerprint density at radius 1 is 1.07 bits per heavy atom. The first kappa shape index (κ1) is 20.7. The lowest BCUT2D eigenvalue weighted by Crippen LogP contribution is -2.39. The summed E-state index contributed by atoms with van der Waals surface area (Å²) in [6.07, 6.45) is 2.24. The molecule has 0 atom stereocenters. The van der Waals surface area contributed by atoms with E-state index in [0.717, 1.165) is 18.4 Å². The number of nitrogens with one attached hydrogen (secondary N) is 1. The Balaban J connectivity index is 1.46. The zero-order chi connectivity index (χ0) is 20.6. The first-order chi connectivity index (χ1) is 14.1. The van der Waals surface area contributed by atoms with Crippen LogP contribution in [0.5, 0.6) is 11.5 Å². The fourth-order valence-electron chi connectivity index (χ4n) is 3.07. The molecule has 1 fully saturated rings. The number of hydrogen-bond acceptors (Lipinski definition) is 4. The molecule has 3 rings (SSSR count). The number of aryl methyl sites for hydroxylation is 1. The zero-order valence-electron chi connectivity index (χ0n) is 17.0. The molecule has 6 nitrogen and oxygen atoms in total. The summed E-state index contributed by atoms with van der Waals surface area (Å²) in [6, 6.07) is 15.5. The van der Waals surface area contributed by atoms with Gasteiger partial charge >= 0.3 is 0 Å². The molecule has 2 aromatic rings. The van der Waals surface area contributed by atoms with Crippen LogP contribution >= 0.6 is 0 Å². The fraction of sp³-hybridized carbons (Fsp3) is 0.391. The van der Waals surface area contributed by atoms with Crippen LogP contribution in [0.15, 0.2) is 48.5 Å². The Morgan fingerprint density at radius 3 is 2.41 bits per heavy atom. The molecular formula is C23H28N2O4. The Hall–Kier alpha value is -3.02. The second-order valence-corrected chi connectivity index (χ2v) is 7.27. The Kier molecular flexibility index (Phi) is 7.11. The van der Waals surface area contributed by atoms with E-state index in [1.54, 1.807) is 24.1 Å². The van der Waals surface area contributed by atoms with Crippen molar-refractivity contribution in [3.8, 4) is 11.5 Å². The van der Waals surface area contributed by atoms with Gasteiger partial charge < -0.3 is 19.7 Å². The third-order valence-electron chi connectivity index (χ3n) is 4.92. The minimum absolute atomic E-state index is 0.0605. The smallest absolute Gasteiger partial charge is 0.260 e. The summed E-state index contributed by atoms with van der Waals surface area (Å²) in [6.45, 7) is 2.86. The largest absolute Gasteiger partial charge is 0.493 e.